The topological polar surface area (TPSA) is 63.6 Å². The summed E-state index contributed by atoms with van der Waals surface area (Å²) in [6.45, 7) is 26.6. The van der Waals surface area contributed by atoms with Crippen molar-refractivity contribution in [3.05, 3.63) is 0 Å². The van der Waals surface area contributed by atoms with E-state index in [1.54, 1.807) is 0 Å². The number of nitrogens with zero attached hydrogens (tertiary/aromatic N) is 2. The highest BCUT2D eigenvalue weighted by Crippen LogP contribution is 2.87. The van der Waals surface area contributed by atoms with Crippen LogP contribution in [0.5, 0.6) is 0 Å². The Labute approximate surface area is 298 Å². The summed E-state index contributed by atoms with van der Waals surface area (Å²) in [6, 6.07) is 0. The molecule has 0 radical (unpaired) electrons. The number of fused-ring (bicyclic) bond motifs is 4. The fourth-order valence-corrected chi connectivity index (χ4v) is 14.6. The number of hydrogen-bond acceptors (Lipinski definition) is 7. The minimum Gasteiger partial charge on any atom is -0.388 e. The van der Waals surface area contributed by atoms with E-state index in [0.717, 1.165) is 55.7 Å². The van der Waals surface area contributed by atoms with Crippen molar-refractivity contribution in [1.29, 1.82) is 0 Å². The predicted molar refractivity (Wildman–Crippen MR) is 193 cm³/mol. The quantitative estimate of drug-likeness (QED) is 0.266. The Bertz CT molecular complexity index is 1200. The molecule has 12 unspecified atom stereocenters. The van der Waals surface area contributed by atoms with Crippen LogP contribution in [-0.2, 0) is 18.9 Å². The van der Waals surface area contributed by atoms with Gasteiger partial charge in [0.1, 0.15) is 6.10 Å². The number of morpholine rings is 1. The van der Waals surface area contributed by atoms with Crippen molar-refractivity contribution in [3.8, 4) is 0 Å². The van der Waals surface area contributed by atoms with Gasteiger partial charge in [-0.25, -0.2) is 0 Å². The molecular weight excluding hydrogens is 612 g/mol. The molecule has 3 aliphatic heterocycles. The Hall–Kier alpha value is -0.280. The molecule has 0 aromatic carbocycles. The van der Waals surface area contributed by atoms with Crippen molar-refractivity contribution in [3.63, 3.8) is 0 Å². The zero-order valence-corrected chi connectivity index (χ0v) is 32.6. The van der Waals surface area contributed by atoms with Gasteiger partial charge in [0, 0.05) is 45.9 Å². The summed E-state index contributed by atoms with van der Waals surface area (Å²) in [5.41, 5.74) is 0.736. The van der Waals surface area contributed by atoms with E-state index in [2.05, 4.69) is 44.4 Å². The van der Waals surface area contributed by atoms with Gasteiger partial charge < -0.3 is 29.0 Å². The van der Waals surface area contributed by atoms with E-state index in [-0.39, 0.29) is 30.0 Å². The van der Waals surface area contributed by atoms with E-state index in [4.69, 9.17) is 18.9 Å². The maximum atomic E-state index is 11.0. The largest absolute Gasteiger partial charge is 0.388 e. The molecular formula is C42H72N2O5. The molecule has 7 nitrogen and oxygen atoms in total. The van der Waals surface area contributed by atoms with E-state index in [1.165, 1.54) is 84.0 Å². The van der Waals surface area contributed by atoms with Gasteiger partial charge in [0.15, 0.2) is 6.29 Å². The highest BCUT2D eigenvalue weighted by Gasteiger charge is 2.80. The zero-order valence-electron chi connectivity index (χ0n) is 32.6. The zero-order chi connectivity index (χ0) is 34.6. The maximum absolute atomic E-state index is 11.0. The molecule has 3 heterocycles. The van der Waals surface area contributed by atoms with Crippen LogP contribution in [0.1, 0.15) is 120 Å². The molecule has 8 fully saturated rings. The van der Waals surface area contributed by atoms with E-state index in [0.29, 0.717) is 34.9 Å². The molecule has 5 aliphatic carbocycles. The maximum Gasteiger partial charge on any atom is 0.170 e. The van der Waals surface area contributed by atoms with Crippen molar-refractivity contribution >= 4 is 0 Å². The van der Waals surface area contributed by atoms with Gasteiger partial charge in [-0.1, -0.05) is 34.6 Å². The smallest absolute Gasteiger partial charge is 0.170 e. The molecule has 49 heavy (non-hydrogen) atoms. The van der Waals surface area contributed by atoms with Crippen LogP contribution in [0.15, 0.2) is 0 Å². The minimum atomic E-state index is -0.894. The third-order valence-electron chi connectivity index (χ3n) is 16.5. The lowest BCUT2D eigenvalue weighted by atomic mass is 9.46. The Kier molecular flexibility index (Phi) is 9.23. The Balaban J connectivity index is 0.906. The van der Waals surface area contributed by atoms with E-state index in [1.807, 2.05) is 20.8 Å². The molecule has 280 valence electrons. The predicted octanol–water partition coefficient (Wildman–Crippen LogP) is 7.00. The van der Waals surface area contributed by atoms with E-state index < -0.39 is 5.60 Å². The number of aliphatic hydroxyl groups is 1. The van der Waals surface area contributed by atoms with Gasteiger partial charge in [0.2, 0.25) is 0 Å². The summed E-state index contributed by atoms with van der Waals surface area (Å²) in [5.74, 6) is 4.59. The third-order valence-corrected chi connectivity index (χ3v) is 16.5. The van der Waals surface area contributed by atoms with Crippen molar-refractivity contribution in [2.24, 2.45) is 57.2 Å². The third kappa shape index (κ3) is 5.84. The molecule has 1 N–H and O–H groups in total. The van der Waals surface area contributed by atoms with Crippen LogP contribution in [0.3, 0.4) is 0 Å². The van der Waals surface area contributed by atoms with Crippen LogP contribution in [0.4, 0.5) is 0 Å². The lowest BCUT2D eigenvalue weighted by Gasteiger charge is -2.60. The molecule has 2 spiro atoms. The fourth-order valence-electron chi connectivity index (χ4n) is 14.6. The van der Waals surface area contributed by atoms with Crippen LogP contribution < -0.4 is 0 Å². The summed E-state index contributed by atoms with van der Waals surface area (Å²) < 4.78 is 26.5. The number of likely N-dealkylation sites (tertiary alicyclic amines) is 1. The molecule has 0 aromatic rings. The number of ether oxygens (including phenoxy) is 4. The molecule has 7 heteroatoms. The van der Waals surface area contributed by atoms with Crippen molar-refractivity contribution < 1.29 is 24.1 Å². The van der Waals surface area contributed by atoms with Gasteiger partial charge in [-0.05, 0) is 142 Å². The van der Waals surface area contributed by atoms with Crippen LogP contribution in [0.25, 0.3) is 0 Å². The fraction of sp³-hybridized carbons (Fsp3) is 1.00. The standard InChI is InChI=1S/C42H72N2O5/c1-9-46-37(39(6,7)45)32-12-10-30-33(48-32)20-31-29-11-13-34-38(4,5)35(14-15-42(34)26-41(29,42)17-16-40(30,31)8)49-36-25-43(18-19-47-36)22-28-23-44(24-28)21-27(2)3/h27-37,45H,9-26H2,1-8H3. The first kappa shape index (κ1) is 35.7. The molecule has 8 rings (SSSR count). The summed E-state index contributed by atoms with van der Waals surface area (Å²) in [5, 5.41) is 11.0. The van der Waals surface area contributed by atoms with Crippen molar-refractivity contribution in [2.75, 3.05) is 52.5 Å². The molecule has 0 aromatic heterocycles. The van der Waals surface area contributed by atoms with Gasteiger partial charge in [-0.15, -0.1) is 0 Å². The van der Waals surface area contributed by atoms with Gasteiger partial charge >= 0.3 is 0 Å². The summed E-state index contributed by atoms with van der Waals surface area (Å²) in [7, 11) is 0. The van der Waals surface area contributed by atoms with Gasteiger partial charge in [0.25, 0.3) is 0 Å². The average Bonchev–Trinajstić information content (AvgIpc) is 3.59. The monoisotopic (exact) mass is 685 g/mol. The normalized spacial score (nSPS) is 47.4. The Morgan fingerprint density at radius 2 is 1.67 bits per heavy atom. The van der Waals surface area contributed by atoms with Crippen molar-refractivity contribution in [1.82, 2.24) is 9.80 Å². The van der Waals surface area contributed by atoms with Gasteiger partial charge in [-0.3, -0.25) is 4.90 Å². The highest BCUT2D eigenvalue weighted by molar-refractivity contribution is 5.29. The molecule has 8 aliphatic rings. The van der Waals surface area contributed by atoms with Crippen LogP contribution in [0.2, 0.25) is 0 Å². The average molecular weight is 685 g/mol. The Morgan fingerprint density at radius 1 is 0.898 bits per heavy atom. The molecule has 3 saturated heterocycles. The summed E-state index contributed by atoms with van der Waals surface area (Å²) >= 11 is 0. The molecule has 5 saturated carbocycles. The first-order valence-corrected chi connectivity index (χ1v) is 20.9. The lowest BCUT2D eigenvalue weighted by molar-refractivity contribution is -0.246. The van der Waals surface area contributed by atoms with Crippen molar-refractivity contribution in [2.45, 2.75) is 156 Å². The van der Waals surface area contributed by atoms with Gasteiger partial charge in [0.05, 0.1) is 30.5 Å². The second kappa shape index (κ2) is 12.7. The summed E-state index contributed by atoms with van der Waals surface area (Å²) in [6.07, 6.45) is 13.3. The molecule has 0 amide bonds. The number of hydrogen-bond donors (Lipinski definition) is 1. The van der Waals surface area contributed by atoms with Crippen LogP contribution in [-0.4, -0.2) is 104 Å². The second-order valence-corrected chi connectivity index (χ2v) is 20.5. The SMILES string of the molecule is CCOC(C1CCC2C(CC3C4CCC5C(C)(C)C(OC6CN(CC7CN(CC(C)C)C7)CCO6)CCC56CC46CCC23C)O1)C(C)(C)O. The molecule has 12 atom stereocenters. The van der Waals surface area contributed by atoms with Crippen LogP contribution >= 0.6 is 0 Å². The number of rotatable bonds is 10. The van der Waals surface area contributed by atoms with Crippen LogP contribution in [0, 0.1) is 57.2 Å². The second-order valence-electron chi connectivity index (χ2n) is 20.5. The summed E-state index contributed by atoms with van der Waals surface area (Å²) in [4.78, 5) is 5.26. The first-order chi connectivity index (χ1) is 23.2. The minimum absolute atomic E-state index is 0.00324. The van der Waals surface area contributed by atoms with E-state index in [9.17, 15) is 5.11 Å². The lowest BCUT2D eigenvalue weighted by Crippen LogP contribution is -2.57. The van der Waals surface area contributed by atoms with Gasteiger partial charge in [-0.2, -0.15) is 0 Å². The molecule has 0 bridgehead atoms. The van der Waals surface area contributed by atoms with E-state index >= 15 is 0 Å². The first-order valence-electron chi connectivity index (χ1n) is 20.9. The highest BCUT2D eigenvalue weighted by atomic mass is 16.7. The Morgan fingerprint density at radius 3 is 2.41 bits per heavy atom.